The first-order chi connectivity index (χ1) is 10.2. The molecule has 1 amide bonds. The van der Waals surface area contributed by atoms with E-state index in [1.165, 1.54) is 12.1 Å². The van der Waals surface area contributed by atoms with Crippen LogP contribution >= 0.6 is 0 Å². The Hall–Kier alpha value is -2.05. The second-order valence-corrected chi connectivity index (χ2v) is 5.09. The molecule has 0 bridgehead atoms. The summed E-state index contributed by atoms with van der Waals surface area (Å²) >= 11 is 0. The highest BCUT2D eigenvalue weighted by Gasteiger charge is 2.30. The van der Waals surface area contributed by atoms with E-state index in [1.54, 1.807) is 6.92 Å². The van der Waals surface area contributed by atoms with Crippen molar-refractivity contribution in [1.29, 1.82) is 0 Å². The Morgan fingerprint density at radius 1 is 1.23 bits per heavy atom. The summed E-state index contributed by atoms with van der Waals surface area (Å²) in [6.45, 7) is 1.94. The van der Waals surface area contributed by atoms with Crippen molar-refractivity contribution in [3.8, 4) is 0 Å². The fourth-order valence-corrected chi connectivity index (χ4v) is 1.90. The smallest absolute Gasteiger partial charge is 0.416 e. The van der Waals surface area contributed by atoms with Crippen LogP contribution in [0.1, 0.15) is 30.9 Å². The van der Waals surface area contributed by atoms with Crippen LogP contribution in [0.5, 0.6) is 0 Å². The summed E-state index contributed by atoms with van der Waals surface area (Å²) in [5, 5.41) is 11.1. The molecule has 122 valence electrons. The molecule has 7 heteroatoms. The van der Waals surface area contributed by atoms with E-state index in [0.717, 1.165) is 12.1 Å². The van der Waals surface area contributed by atoms with Crippen molar-refractivity contribution in [1.82, 2.24) is 5.32 Å². The summed E-state index contributed by atoms with van der Waals surface area (Å²) < 4.78 is 37.3. The Labute approximate surface area is 126 Å². The van der Waals surface area contributed by atoms with Crippen molar-refractivity contribution < 1.29 is 27.9 Å². The molecule has 1 rings (SSSR count). The highest BCUT2D eigenvalue weighted by Crippen LogP contribution is 2.29. The predicted octanol–water partition coefficient (Wildman–Crippen LogP) is 2.87. The fourth-order valence-electron chi connectivity index (χ4n) is 1.90. The lowest BCUT2D eigenvalue weighted by atomic mass is 9.99. The molecule has 4 nitrogen and oxygen atoms in total. The average molecular weight is 317 g/mol. The van der Waals surface area contributed by atoms with Gasteiger partial charge in [0, 0.05) is 18.9 Å². The fraction of sp³-hybridized carbons (Fsp3) is 0.467. The van der Waals surface area contributed by atoms with E-state index >= 15 is 0 Å². The minimum atomic E-state index is -4.37. The number of hydrogen-bond donors (Lipinski definition) is 2. The summed E-state index contributed by atoms with van der Waals surface area (Å²) in [4.78, 5) is 22.1. The molecule has 1 atom stereocenters. The molecular formula is C15H18F3NO3. The number of nitrogens with one attached hydrogen (secondary N) is 1. The zero-order valence-corrected chi connectivity index (χ0v) is 12.1. The van der Waals surface area contributed by atoms with Crippen molar-refractivity contribution in [2.75, 3.05) is 6.54 Å². The molecule has 1 aromatic rings. The molecule has 0 aliphatic carbocycles. The van der Waals surface area contributed by atoms with E-state index < -0.39 is 23.6 Å². The molecule has 1 unspecified atom stereocenters. The number of alkyl halides is 3. The molecule has 0 heterocycles. The summed E-state index contributed by atoms with van der Waals surface area (Å²) in [7, 11) is 0. The zero-order valence-electron chi connectivity index (χ0n) is 12.1. The number of carboxylic acid groups (broad SMARTS) is 1. The van der Waals surface area contributed by atoms with Crippen molar-refractivity contribution in [2.45, 2.75) is 32.4 Å². The maximum absolute atomic E-state index is 12.4. The van der Waals surface area contributed by atoms with Gasteiger partial charge in [-0.05, 0) is 30.5 Å². The van der Waals surface area contributed by atoms with Gasteiger partial charge in [0.25, 0.3) is 0 Å². The third-order valence-corrected chi connectivity index (χ3v) is 3.14. The molecule has 1 aromatic carbocycles. The van der Waals surface area contributed by atoms with Crippen molar-refractivity contribution >= 4 is 11.9 Å². The van der Waals surface area contributed by atoms with Crippen molar-refractivity contribution in [2.24, 2.45) is 5.92 Å². The van der Waals surface area contributed by atoms with Crippen molar-refractivity contribution in [3.63, 3.8) is 0 Å². The Bertz CT molecular complexity index is 512. The van der Waals surface area contributed by atoms with Crippen LogP contribution in [-0.2, 0) is 22.2 Å². The number of carbonyl (C=O) groups excluding carboxylic acids is 1. The Balaban J connectivity index is 2.45. The molecule has 0 saturated carbocycles. The van der Waals surface area contributed by atoms with Gasteiger partial charge >= 0.3 is 12.1 Å². The lowest BCUT2D eigenvalue weighted by Gasteiger charge is -2.13. The van der Waals surface area contributed by atoms with Crippen LogP contribution in [0.15, 0.2) is 24.3 Å². The van der Waals surface area contributed by atoms with E-state index in [1.807, 2.05) is 0 Å². The van der Waals surface area contributed by atoms with Gasteiger partial charge in [-0.2, -0.15) is 13.2 Å². The lowest BCUT2D eigenvalue weighted by molar-refractivity contribution is -0.138. The molecule has 0 radical (unpaired) electrons. The molecular weight excluding hydrogens is 299 g/mol. The number of rotatable bonds is 7. The molecule has 0 saturated heterocycles. The SMILES string of the molecule is CC(Cc1ccc(C(F)(F)F)cc1)C(=O)NCCCC(=O)O. The van der Waals surface area contributed by atoms with Crippen LogP contribution < -0.4 is 5.32 Å². The van der Waals surface area contributed by atoms with Crippen LogP contribution in [0.2, 0.25) is 0 Å². The Morgan fingerprint density at radius 2 is 1.82 bits per heavy atom. The van der Waals surface area contributed by atoms with Crippen LogP contribution in [-0.4, -0.2) is 23.5 Å². The molecule has 22 heavy (non-hydrogen) atoms. The number of hydrogen-bond acceptors (Lipinski definition) is 2. The molecule has 2 N–H and O–H groups in total. The summed E-state index contributed by atoms with van der Waals surface area (Å²) in [6.07, 6.45) is -3.73. The largest absolute Gasteiger partial charge is 0.481 e. The third-order valence-electron chi connectivity index (χ3n) is 3.14. The van der Waals surface area contributed by atoms with E-state index in [9.17, 15) is 22.8 Å². The Kier molecular flexibility index (Phi) is 6.39. The van der Waals surface area contributed by atoms with E-state index in [4.69, 9.17) is 5.11 Å². The van der Waals surface area contributed by atoms with Gasteiger partial charge < -0.3 is 10.4 Å². The van der Waals surface area contributed by atoms with Gasteiger partial charge in [-0.15, -0.1) is 0 Å². The normalized spacial score (nSPS) is 12.7. The molecule has 0 aromatic heterocycles. The standard InChI is InChI=1S/C15H18F3NO3/c1-10(14(22)19-8-2-3-13(20)21)9-11-4-6-12(7-5-11)15(16,17)18/h4-7,10H,2-3,8-9H2,1H3,(H,19,22)(H,20,21). The topological polar surface area (TPSA) is 66.4 Å². The van der Waals surface area contributed by atoms with Gasteiger partial charge in [-0.1, -0.05) is 19.1 Å². The number of benzene rings is 1. The number of halogens is 3. The number of amides is 1. The summed E-state index contributed by atoms with van der Waals surface area (Å²) in [5.74, 6) is -1.57. The van der Waals surface area contributed by atoms with Gasteiger partial charge in [0.2, 0.25) is 5.91 Å². The third kappa shape index (κ3) is 6.15. The lowest BCUT2D eigenvalue weighted by Crippen LogP contribution is -2.31. The Morgan fingerprint density at radius 3 is 2.32 bits per heavy atom. The monoisotopic (exact) mass is 317 g/mol. The minimum Gasteiger partial charge on any atom is -0.481 e. The second kappa shape index (κ2) is 7.82. The van der Waals surface area contributed by atoms with Gasteiger partial charge in [0.1, 0.15) is 0 Å². The number of carbonyl (C=O) groups is 2. The summed E-state index contributed by atoms with van der Waals surface area (Å²) in [6, 6.07) is 4.70. The van der Waals surface area contributed by atoms with E-state index in [0.29, 0.717) is 18.4 Å². The average Bonchev–Trinajstić information content (AvgIpc) is 2.42. The van der Waals surface area contributed by atoms with Gasteiger partial charge in [0.05, 0.1) is 5.56 Å². The van der Waals surface area contributed by atoms with Gasteiger partial charge in [-0.3, -0.25) is 9.59 Å². The quantitative estimate of drug-likeness (QED) is 0.760. The zero-order chi connectivity index (χ0) is 16.8. The van der Waals surface area contributed by atoms with E-state index in [2.05, 4.69) is 5.32 Å². The first-order valence-electron chi connectivity index (χ1n) is 6.86. The summed E-state index contributed by atoms with van der Waals surface area (Å²) in [5.41, 5.74) is -0.0804. The predicted molar refractivity (Wildman–Crippen MR) is 74.2 cm³/mol. The van der Waals surface area contributed by atoms with E-state index in [-0.39, 0.29) is 18.9 Å². The number of carboxylic acids is 1. The molecule has 0 aliphatic heterocycles. The molecule has 0 spiro atoms. The second-order valence-electron chi connectivity index (χ2n) is 5.09. The van der Waals surface area contributed by atoms with Gasteiger partial charge in [0.15, 0.2) is 0 Å². The van der Waals surface area contributed by atoms with Crippen molar-refractivity contribution in [3.05, 3.63) is 35.4 Å². The highest BCUT2D eigenvalue weighted by atomic mass is 19.4. The minimum absolute atomic E-state index is 0.0203. The van der Waals surface area contributed by atoms with Gasteiger partial charge in [-0.25, -0.2) is 0 Å². The first kappa shape index (κ1) is 18.0. The van der Waals surface area contributed by atoms with Crippen LogP contribution in [0.4, 0.5) is 13.2 Å². The van der Waals surface area contributed by atoms with Crippen LogP contribution in [0.3, 0.4) is 0 Å². The maximum atomic E-state index is 12.4. The molecule has 0 fully saturated rings. The first-order valence-corrected chi connectivity index (χ1v) is 6.86. The van der Waals surface area contributed by atoms with Crippen LogP contribution in [0, 0.1) is 5.92 Å². The van der Waals surface area contributed by atoms with Crippen LogP contribution in [0.25, 0.3) is 0 Å². The highest BCUT2D eigenvalue weighted by molar-refractivity contribution is 5.78. The molecule has 0 aliphatic rings. The number of aliphatic carboxylic acids is 1. The maximum Gasteiger partial charge on any atom is 0.416 e.